The van der Waals surface area contributed by atoms with Crippen LogP contribution in [-0.2, 0) is 9.59 Å². The van der Waals surface area contributed by atoms with Crippen molar-refractivity contribution in [3.05, 3.63) is 47.0 Å². The van der Waals surface area contributed by atoms with E-state index in [0.29, 0.717) is 4.68 Å². The summed E-state index contributed by atoms with van der Waals surface area (Å²) in [5, 5.41) is 6.46. The van der Waals surface area contributed by atoms with Crippen LogP contribution in [0.2, 0.25) is 0 Å². The van der Waals surface area contributed by atoms with Gasteiger partial charge in [0.2, 0.25) is 11.8 Å². The summed E-state index contributed by atoms with van der Waals surface area (Å²) in [6.07, 6.45) is 0. The lowest BCUT2D eigenvalue weighted by Gasteiger charge is -2.16. The Bertz CT molecular complexity index is 897. The Morgan fingerprint density at radius 3 is 2.67 bits per heavy atom. The van der Waals surface area contributed by atoms with Crippen molar-refractivity contribution in [2.45, 2.75) is 26.3 Å². The minimum Gasteiger partial charge on any atom is -0.344 e. The van der Waals surface area contributed by atoms with Gasteiger partial charge in [-0.2, -0.15) is 13.9 Å². The highest BCUT2D eigenvalue weighted by Gasteiger charge is 2.45. The minimum atomic E-state index is -2.81. The van der Waals surface area contributed by atoms with E-state index in [4.69, 9.17) is 0 Å². The molecule has 1 aliphatic rings. The molecule has 1 aliphatic heterocycles. The molecule has 0 bridgehead atoms. The number of carbonyl (C=O) groups excluding carboxylic acids is 2. The second-order valence-corrected chi connectivity index (χ2v) is 6.64. The molecule has 1 saturated heterocycles. The number of carbonyl (C=O) groups is 2. The van der Waals surface area contributed by atoms with Gasteiger partial charge >= 0.3 is 6.55 Å². The second-order valence-electron chi connectivity index (χ2n) is 6.64. The van der Waals surface area contributed by atoms with Gasteiger partial charge in [-0.25, -0.2) is 9.07 Å². The third-order valence-electron chi connectivity index (χ3n) is 4.83. The summed E-state index contributed by atoms with van der Waals surface area (Å²) in [6, 6.07) is 5.70. The fourth-order valence-corrected chi connectivity index (χ4v) is 3.30. The molecule has 27 heavy (non-hydrogen) atoms. The van der Waals surface area contributed by atoms with Crippen LogP contribution >= 0.6 is 0 Å². The van der Waals surface area contributed by atoms with Gasteiger partial charge in [-0.15, -0.1) is 0 Å². The van der Waals surface area contributed by atoms with E-state index in [2.05, 4.69) is 10.4 Å². The van der Waals surface area contributed by atoms with Gasteiger partial charge in [0.1, 0.15) is 11.7 Å². The predicted molar refractivity (Wildman–Crippen MR) is 91.9 cm³/mol. The number of benzene rings is 1. The molecule has 9 heteroatoms. The van der Waals surface area contributed by atoms with Crippen LogP contribution in [0.5, 0.6) is 0 Å². The Balaban J connectivity index is 1.91. The predicted octanol–water partition coefficient (Wildman–Crippen LogP) is 2.84. The van der Waals surface area contributed by atoms with Crippen molar-refractivity contribution in [3.63, 3.8) is 0 Å². The molecule has 144 valence electrons. The molecule has 1 aromatic carbocycles. The van der Waals surface area contributed by atoms with E-state index in [0.717, 1.165) is 0 Å². The lowest BCUT2D eigenvalue weighted by atomic mass is 9.91. The third kappa shape index (κ3) is 3.41. The Kier molecular flexibility index (Phi) is 4.95. The number of rotatable bonds is 4. The molecule has 1 fully saturated rings. The van der Waals surface area contributed by atoms with Crippen molar-refractivity contribution in [1.82, 2.24) is 14.7 Å². The topological polar surface area (TPSA) is 67.2 Å². The van der Waals surface area contributed by atoms with Crippen LogP contribution in [-0.4, -0.2) is 40.1 Å². The molecule has 1 N–H and O–H groups in total. The average molecular weight is 380 g/mol. The molecule has 0 saturated carbocycles. The fraction of sp³-hybridized carbons (Fsp3) is 0.389. The van der Waals surface area contributed by atoms with Gasteiger partial charge in [-0.05, 0) is 32.0 Å². The Hall–Kier alpha value is -2.84. The summed E-state index contributed by atoms with van der Waals surface area (Å²) in [4.78, 5) is 26.7. The van der Waals surface area contributed by atoms with Crippen molar-refractivity contribution in [3.8, 4) is 0 Å². The van der Waals surface area contributed by atoms with E-state index in [-0.39, 0.29) is 29.2 Å². The number of likely N-dealkylation sites (N-methyl/N-ethyl adjacent to an activating group) is 1. The van der Waals surface area contributed by atoms with Gasteiger partial charge in [0, 0.05) is 36.5 Å². The van der Waals surface area contributed by atoms with Gasteiger partial charge in [0.05, 0.1) is 5.69 Å². The number of aryl methyl sites for hydroxylation is 1. The second kappa shape index (κ2) is 7.05. The molecule has 2 amide bonds. The summed E-state index contributed by atoms with van der Waals surface area (Å²) in [6.45, 7) is 0.363. The summed E-state index contributed by atoms with van der Waals surface area (Å²) in [7, 11) is 1.53. The zero-order chi connectivity index (χ0) is 19.9. The molecule has 1 aromatic heterocycles. The number of likely N-dealkylation sites (tertiary alicyclic amines) is 1. The van der Waals surface area contributed by atoms with Crippen LogP contribution in [0, 0.1) is 25.6 Å². The monoisotopic (exact) mass is 380 g/mol. The van der Waals surface area contributed by atoms with Crippen molar-refractivity contribution < 1.29 is 22.8 Å². The lowest BCUT2D eigenvalue weighted by Crippen LogP contribution is -2.33. The van der Waals surface area contributed by atoms with Crippen LogP contribution < -0.4 is 5.32 Å². The van der Waals surface area contributed by atoms with Crippen molar-refractivity contribution in [2.75, 3.05) is 18.9 Å². The Labute approximate surface area is 154 Å². The quantitative estimate of drug-likeness (QED) is 0.830. The van der Waals surface area contributed by atoms with E-state index >= 15 is 0 Å². The number of nitrogens with zero attached hydrogens (tertiary/aromatic N) is 3. The van der Waals surface area contributed by atoms with Crippen molar-refractivity contribution >= 4 is 17.5 Å². The van der Waals surface area contributed by atoms with Gasteiger partial charge < -0.3 is 10.2 Å². The lowest BCUT2D eigenvalue weighted by molar-refractivity contribution is -0.135. The van der Waals surface area contributed by atoms with Gasteiger partial charge in [0.15, 0.2) is 0 Å². The van der Waals surface area contributed by atoms with E-state index in [1.165, 1.54) is 50.1 Å². The summed E-state index contributed by atoms with van der Waals surface area (Å²) < 4.78 is 40.3. The molecule has 2 heterocycles. The smallest absolute Gasteiger partial charge is 0.333 e. The standard InChI is InChI=1S/C18H19F3N4O2/c1-9-7-14(23-25(9)18(20)21)11-8-24(3)17(27)15(11)16(26)22-13-6-4-5-12(19)10(13)2/h4-7,11,15,18H,8H2,1-3H3,(H,22,26)/t11-,15?/m1/s1. The zero-order valence-corrected chi connectivity index (χ0v) is 15.0. The summed E-state index contributed by atoms with van der Waals surface area (Å²) >= 11 is 0. The molecule has 1 unspecified atom stereocenters. The van der Waals surface area contributed by atoms with E-state index < -0.39 is 36.0 Å². The summed E-state index contributed by atoms with van der Waals surface area (Å²) in [5.41, 5.74) is 0.998. The van der Waals surface area contributed by atoms with Crippen LogP contribution in [0.1, 0.15) is 29.4 Å². The molecule has 3 rings (SSSR count). The highest BCUT2D eigenvalue weighted by molar-refractivity contribution is 6.08. The first kappa shape index (κ1) is 18.9. The molecule has 0 radical (unpaired) electrons. The van der Waals surface area contributed by atoms with Gasteiger partial charge in [-0.1, -0.05) is 6.07 Å². The van der Waals surface area contributed by atoms with Gasteiger partial charge in [-0.3, -0.25) is 9.59 Å². The molecule has 0 spiro atoms. The van der Waals surface area contributed by atoms with E-state index in [1.807, 2.05) is 0 Å². The van der Waals surface area contributed by atoms with Crippen molar-refractivity contribution in [2.24, 2.45) is 5.92 Å². The fourth-order valence-electron chi connectivity index (χ4n) is 3.30. The number of aromatic nitrogens is 2. The van der Waals surface area contributed by atoms with E-state index in [1.54, 1.807) is 0 Å². The van der Waals surface area contributed by atoms with Crippen LogP contribution in [0.15, 0.2) is 24.3 Å². The van der Waals surface area contributed by atoms with Crippen LogP contribution in [0.3, 0.4) is 0 Å². The molecule has 6 nitrogen and oxygen atoms in total. The number of nitrogens with one attached hydrogen (secondary N) is 1. The maximum absolute atomic E-state index is 13.7. The number of hydrogen-bond acceptors (Lipinski definition) is 3. The first-order valence-electron chi connectivity index (χ1n) is 8.36. The molecule has 0 aliphatic carbocycles. The first-order chi connectivity index (χ1) is 12.7. The molecule has 2 atom stereocenters. The molecular weight excluding hydrogens is 361 g/mol. The SMILES string of the molecule is Cc1c(F)cccc1NC(=O)C1C(=O)N(C)C[C@@H]1c1cc(C)n(C(F)F)n1. The molecular formula is C18H19F3N4O2. The number of halogens is 3. The highest BCUT2D eigenvalue weighted by Crippen LogP contribution is 2.34. The number of amides is 2. The van der Waals surface area contributed by atoms with Gasteiger partial charge in [0.25, 0.3) is 0 Å². The Morgan fingerprint density at radius 1 is 1.33 bits per heavy atom. The minimum absolute atomic E-state index is 0.179. The molecule has 2 aromatic rings. The largest absolute Gasteiger partial charge is 0.344 e. The third-order valence-corrected chi connectivity index (χ3v) is 4.83. The Morgan fingerprint density at radius 2 is 2.04 bits per heavy atom. The highest BCUT2D eigenvalue weighted by atomic mass is 19.3. The maximum atomic E-state index is 13.7. The summed E-state index contributed by atoms with van der Waals surface area (Å²) in [5.74, 6) is -3.33. The average Bonchev–Trinajstić information content (AvgIpc) is 3.12. The maximum Gasteiger partial charge on any atom is 0.333 e. The number of hydrogen-bond donors (Lipinski definition) is 1. The van der Waals surface area contributed by atoms with Crippen molar-refractivity contribution in [1.29, 1.82) is 0 Å². The van der Waals surface area contributed by atoms with Crippen LogP contribution in [0.25, 0.3) is 0 Å². The first-order valence-corrected chi connectivity index (χ1v) is 8.36. The normalized spacial score (nSPS) is 19.8. The number of alkyl halides is 2. The zero-order valence-electron chi connectivity index (χ0n) is 15.0. The number of anilines is 1. The van der Waals surface area contributed by atoms with E-state index in [9.17, 15) is 22.8 Å². The van der Waals surface area contributed by atoms with Crippen LogP contribution in [0.4, 0.5) is 18.9 Å².